The van der Waals surface area contributed by atoms with Crippen LogP contribution in [0.3, 0.4) is 0 Å². The zero-order valence-electron chi connectivity index (χ0n) is 16.7. The molecule has 0 bridgehead atoms. The Morgan fingerprint density at radius 3 is 2.21 bits per heavy atom. The summed E-state index contributed by atoms with van der Waals surface area (Å²) < 4.78 is 37.9. The molecule has 3 rings (SSSR count). The van der Waals surface area contributed by atoms with Crippen LogP contribution in [0.1, 0.15) is 5.56 Å². The number of ether oxygens (including phenoxy) is 2. The van der Waals surface area contributed by atoms with Gasteiger partial charge in [-0.2, -0.15) is 4.31 Å². The van der Waals surface area contributed by atoms with E-state index in [1.54, 1.807) is 17.0 Å². The second kappa shape index (κ2) is 8.71. The minimum Gasteiger partial charge on any atom is -0.497 e. The van der Waals surface area contributed by atoms with Gasteiger partial charge in [-0.15, -0.1) is 0 Å². The minimum absolute atomic E-state index is 0.0527. The van der Waals surface area contributed by atoms with Crippen molar-refractivity contribution in [2.45, 2.75) is 11.8 Å². The van der Waals surface area contributed by atoms with Crippen molar-refractivity contribution in [1.29, 1.82) is 0 Å². The van der Waals surface area contributed by atoms with E-state index >= 15 is 0 Å². The topological polar surface area (TPSA) is 88.2 Å². The number of rotatable bonds is 5. The molecule has 0 unspecified atom stereocenters. The highest BCUT2D eigenvalue weighted by Gasteiger charge is 2.32. The second-order valence-corrected chi connectivity index (χ2v) is 8.61. The Morgan fingerprint density at radius 2 is 1.62 bits per heavy atom. The Kier molecular flexibility index (Phi) is 6.29. The van der Waals surface area contributed by atoms with Crippen molar-refractivity contribution in [2.24, 2.45) is 0 Å². The lowest BCUT2D eigenvalue weighted by Crippen LogP contribution is -2.51. The Morgan fingerprint density at radius 1 is 0.966 bits per heavy atom. The lowest BCUT2D eigenvalue weighted by atomic mass is 10.2. The van der Waals surface area contributed by atoms with E-state index in [-0.39, 0.29) is 29.8 Å². The quantitative estimate of drug-likeness (QED) is 0.805. The molecule has 0 aromatic heterocycles. The average Bonchev–Trinajstić information content (AvgIpc) is 2.74. The van der Waals surface area contributed by atoms with Crippen LogP contribution in [0, 0.1) is 6.92 Å². The Bertz CT molecular complexity index is 968. The summed E-state index contributed by atoms with van der Waals surface area (Å²) in [5.74, 6) is 0.686. The van der Waals surface area contributed by atoms with Crippen LogP contribution < -0.4 is 14.8 Å². The fourth-order valence-corrected chi connectivity index (χ4v) is 4.69. The number of carbonyl (C=O) groups is 1. The van der Waals surface area contributed by atoms with Crippen molar-refractivity contribution in [1.82, 2.24) is 9.21 Å². The molecule has 0 atom stereocenters. The van der Waals surface area contributed by atoms with Crippen molar-refractivity contribution in [2.75, 3.05) is 45.7 Å². The van der Waals surface area contributed by atoms with Crippen LogP contribution in [-0.4, -0.2) is 64.1 Å². The van der Waals surface area contributed by atoms with Gasteiger partial charge in [0.15, 0.2) is 0 Å². The van der Waals surface area contributed by atoms with E-state index in [2.05, 4.69) is 5.32 Å². The summed E-state index contributed by atoms with van der Waals surface area (Å²) in [6.45, 7) is 2.96. The van der Waals surface area contributed by atoms with Crippen molar-refractivity contribution in [3.05, 3.63) is 48.0 Å². The van der Waals surface area contributed by atoms with E-state index in [0.717, 1.165) is 5.56 Å². The van der Waals surface area contributed by atoms with Gasteiger partial charge in [-0.25, -0.2) is 13.2 Å². The van der Waals surface area contributed by atoms with E-state index in [9.17, 15) is 13.2 Å². The number of aryl methyl sites for hydroxylation is 1. The number of hydrogen-bond donors (Lipinski definition) is 1. The number of nitrogens with one attached hydrogen (secondary N) is 1. The maximum Gasteiger partial charge on any atom is 0.321 e. The summed E-state index contributed by atoms with van der Waals surface area (Å²) in [6, 6.07) is 11.9. The van der Waals surface area contributed by atoms with Crippen molar-refractivity contribution < 1.29 is 22.7 Å². The Labute approximate surface area is 171 Å². The highest BCUT2D eigenvalue weighted by Crippen LogP contribution is 2.31. The number of amides is 2. The number of methoxy groups -OCH3 is 2. The number of nitrogens with zero attached hydrogens (tertiary/aromatic N) is 2. The Hall–Kier alpha value is -2.78. The van der Waals surface area contributed by atoms with E-state index in [1.807, 2.05) is 31.2 Å². The summed E-state index contributed by atoms with van der Waals surface area (Å²) >= 11 is 0. The van der Waals surface area contributed by atoms with Gasteiger partial charge in [0.25, 0.3) is 0 Å². The number of carbonyl (C=O) groups excluding carboxylic acids is 1. The lowest BCUT2D eigenvalue weighted by Gasteiger charge is -2.34. The molecule has 9 heteroatoms. The normalized spacial score (nSPS) is 15.1. The van der Waals surface area contributed by atoms with Gasteiger partial charge in [0.2, 0.25) is 10.0 Å². The molecule has 1 saturated heterocycles. The van der Waals surface area contributed by atoms with Crippen LogP contribution in [0.25, 0.3) is 0 Å². The van der Waals surface area contributed by atoms with Crippen molar-refractivity contribution >= 4 is 21.7 Å². The lowest BCUT2D eigenvalue weighted by molar-refractivity contribution is 0.184. The van der Waals surface area contributed by atoms with Crippen LogP contribution in [0.4, 0.5) is 10.5 Å². The highest BCUT2D eigenvalue weighted by molar-refractivity contribution is 7.89. The van der Waals surface area contributed by atoms with Crippen LogP contribution in [-0.2, 0) is 10.0 Å². The highest BCUT2D eigenvalue weighted by atomic mass is 32.2. The van der Waals surface area contributed by atoms with Gasteiger partial charge in [-0.3, -0.25) is 0 Å². The van der Waals surface area contributed by atoms with Gasteiger partial charge in [0.1, 0.15) is 16.4 Å². The van der Waals surface area contributed by atoms with Gasteiger partial charge in [0.05, 0.1) is 14.2 Å². The third kappa shape index (κ3) is 4.63. The van der Waals surface area contributed by atoms with E-state index in [4.69, 9.17) is 9.47 Å². The van der Waals surface area contributed by atoms with E-state index in [0.29, 0.717) is 24.5 Å². The molecule has 156 valence electrons. The van der Waals surface area contributed by atoms with Gasteiger partial charge in [-0.05, 0) is 31.2 Å². The van der Waals surface area contributed by atoms with Crippen LogP contribution >= 0.6 is 0 Å². The number of benzene rings is 2. The molecule has 1 aliphatic heterocycles. The molecule has 2 aromatic carbocycles. The van der Waals surface area contributed by atoms with Gasteiger partial charge in [-0.1, -0.05) is 17.7 Å². The average molecular weight is 420 g/mol. The Balaban J connectivity index is 1.68. The molecule has 8 nitrogen and oxygen atoms in total. The van der Waals surface area contributed by atoms with Gasteiger partial charge < -0.3 is 19.7 Å². The molecule has 1 fully saturated rings. The summed E-state index contributed by atoms with van der Waals surface area (Å²) in [7, 11) is -0.880. The smallest absolute Gasteiger partial charge is 0.321 e. The van der Waals surface area contributed by atoms with Gasteiger partial charge >= 0.3 is 6.03 Å². The third-order valence-corrected chi connectivity index (χ3v) is 6.74. The molecule has 1 N–H and O–H groups in total. The van der Waals surface area contributed by atoms with E-state index in [1.165, 1.54) is 24.6 Å². The molecule has 1 aliphatic rings. The van der Waals surface area contributed by atoms with E-state index < -0.39 is 10.0 Å². The van der Waals surface area contributed by atoms with Crippen LogP contribution in [0.15, 0.2) is 47.4 Å². The fourth-order valence-electron chi connectivity index (χ4n) is 3.10. The molecule has 0 aliphatic carbocycles. The molecular weight excluding hydrogens is 394 g/mol. The predicted molar refractivity (Wildman–Crippen MR) is 110 cm³/mol. The number of piperazine rings is 1. The maximum atomic E-state index is 13.1. The second-order valence-electron chi connectivity index (χ2n) is 6.70. The molecular formula is C20H25N3O5S. The first-order chi connectivity index (χ1) is 13.8. The molecule has 29 heavy (non-hydrogen) atoms. The zero-order valence-corrected chi connectivity index (χ0v) is 17.5. The molecule has 2 aromatic rings. The summed E-state index contributed by atoms with van der Waals surface area (Å²) in [5, 5.41) is 2.84. The van der Waals surface area contributed by atoms with Crippen molar-refractivity contribution in [3.8, 4) is 11.5 Å². The minimum atomic E-state index is -3.78. The summed E-state index contributed by atoms with van der Waals surface area (Å²) in [5.41, 5.74) is 1.81. The number of sulfonamides is 1. The monoisotopic (exact) mass is 419 g/mol. The standard InChI is InChI=1S/C20H25N3O5S/c1-15-4-6-16(7-5-15)21-20(24)22-10-12-23(13-11-22)29(25,26)19-14-17(27-2)8-9-18(19)28-3/h4-9,14H,10-13H2,1-3H3,(H,21,24). The largest absolute Gasteiger partial charge is 0.497 e. The molecule has 0 spiro atoms. The SMILES string of the molecule is COc1ccc(OC)c(S(=O)(=O)N2CCN(C(=O)Nc3ccc(C)cc3)CC2)c1. The maximum absolute atomic E-state index is 13.1. The predicted octanol–water partition coefficient (Wildman–Crippen LogP) is 2.55. The molecule has 0 radical (unpaired) electrons. The first kappa shape index (κ1) is 20.9. The van der Waals surface area contributed by atoms with Crippen molar-refractivity contribution in [3.63, 3.8) is 0 Å². The molecule has 2 amide bonds. The number of anilines is 1. The zero-order chi connectivity index (χ0) is 21.0. The fraction of sp³-hybridized carbons (Fsp3) is 0.350. The number of urea groups is 1. The summed E-state index contributed by atoms with van der Waals surface area (Å²) in [4.78, 5) is 14.1. The van der Waals surface area contributed by atoms with Crippen LogP contribution in [0.2, 0.25) is 0 Å². The summed E-state index contributed by atoms with van der Waals surface area (Å²) in [6.07, 6.45) is 0. The third-order valence-electron chi connectivity index (χ3n) is 4.82. The number of hydrogen-bond acceptors (Lipinski definition) is 5. The molecule has 1 heterocycles. The first-order valence-corrected chi connectivity index (χ1v) is 10.6. The van der Waals surface area contributed by atoms with Gasteiger partial charge in [0, 0.05) is 37.9 Å². The molecule has 0 saturated carbocycles. The first-order valence-electron chi connectivity index (χ1n) is 9.20. The van der Waals surface area contributed by atoms with Crippen LogP contribution in [0.5, 0.6) is 11.5 Å².